The summed E-state index contributed by atoms with van der Waals surface area (Å²) < 4.78 is 36.9. The first kappa shape index (κ1) is 15.5. The number of nitrogens with one attached hydrogen (secondary N) is 1. The minimum Gasteiger partial charge on any atom is -0.344 e. The largest absolute Gasteiger partial charge is 0.408 e. The van der Waals surface area contributed by atoms with E-state index < -0.39 is 24.0 Å². The molecule has 108 valence electrons. The van der Waals surface area contributed by atoms with Crippen LogP contribution in [0.15, 0.2) is 12.7 Å². The van der Waals surface area contributed by atoms with Crippen molar-refractivity contribution < 1.29 is 22.8 Å². The van der Waals surface area contributed by atoms with E-state index in [0.29, 0.717) is 25.9 Å². The quantitative estimate of drug-likeness (QED) is 0.795. The molecule has 2 amide bonds. The minimum atomic E-state index is -4.44. The summed E-state index contributed by atoms with van der Waals surface area (Å²) in [5.41, 5.74) is 0. The molecule has 0 aliphatic carbocycles. The molecule has 7 heteroatoms. The fourth-order valence-electron chi connectivity index (χ4n) is 1.90. The van der Waals surface area contributed by atoms with E-state index in [4.69, 9.17) is 0 Å². The van der Waals surface area contributed by atoms with Crippen LogP contribution in [0.3, 0.4) is 0 Å². The van der Waals surface area contributed by atoms with Gasteiger partial charge < -0.3 is 10.2 Å². The number of hydrogen-bond acceptors (Lipinski definition) is 2. The first-order chi connectivity index (χ1) is 8.75. The number of amides is 2. The summed E-state index contributed by atoms with van der Waals surface area (Å²) >= 11 is 0. The number of alkyl halides is 3. The van der Waals surface area contributed by atoms with Crippen molar-refractivity contribution in [3.05, 3.63) is 12.7 Å². The molecule has 1 aliphatic heterocycles. The summed E-state index contributed by atoms with van der Waals surface area (Å²) in [5.74, 6) is -1.29. The van der Waals surface area contributed by atoms with Crippen molar-refractivity contribution in [1.82, 2.24) is 10.2 Å². The lowest BCUT2D eigenvalue weighted by molar-refractivity contribution is -0.160. The summed E-state index contributed by atoms with van der Waals surface area (Å²) in [4.78, 5) is 24.5. The molecule has 1 unspecified atom stereocenters. The van der Waals surface area contributed by atoms with Crippen LogP contribution in [-0.2, 0) is 9.59 Å². The van der Waals surface area contributed by atoms with Crippen molar-refractivity contribution >= 4 is 11.8 Å². The van der Waals surface area contributed by atoms with Gasteiger partial charge >= 0.3 is 6.18 Å². The van der Waals surface area contributed by atoms with E-state index >= 15 is 0 Å². The molecule has 1 N–H and O–H groups in total. The maximum atomic E-state index is 12.3. The van der Waals surface area contributed by atoms with E-state index in [0.717, 1.165) is 6.92 Å². The van der Waals surface area contributed by atoms with Gasteiger partial charge in [-0.3, -0.25) is 9.59 Å². The molecular formula is C12H17F3N2O2. The van der Waals surface area contributed by atoms with E-state index in [1.807, 2.05) is 5.32 Å². The molecular weight excluding hydrogens is 261 g/mol. The van der Waals surface area contributed by atoms with Gasteiger partial charge in [0.25, 0.3) is 0 Å². The predicted molar refractivity (Wildman–Crippen MR) is 63.2 cm³/mol. The number of rotatable bonds is 3. The number of carbonyl (C=O) groups is 2. The average molecular weight is 278 g/mol. The van der Waals surface area contributed by atoms with Gasteiger partial charge in [0.2, 0.25) is 11.8 Å². The van der Waals surface area contributed by atoms with Gasteiger partial charge in [0.05, 0.1) is 0 Å². The van der Waals surface area contributed by atoms with Crippen molar-refractivity contribution in [3.63, 3.8) is 0 Å². The standard InChI is InChI=1S/C12H17F3N2O2/c1-3-10(18)17-6-4-9(5-7-17)11(19)16-8(2)12(13,14)15/h3,8-9H,1,4-7H2,2H3,(H,16,19). The lowest BCUT2D eigenvalue weighted by Crippen LogP contribution is -2.48. The van der Waals surface area contributed by atoms with Gasteiger partial charge in [-0.05, 0) is 25.8 Å². The molecule has 1 rings (SSSR count). The predicted octanol–water partition coefficient (Wildman–Crippen LogP) is 1.48. The van der Waals surface area contributed by atoms with Gasteiger partial charge in [-0.2, -0.15) is 13.2 Å². The highest BCUT2D eigenvalue weighted by atomic mass is 19.4. The van der Waals surface area contributed by atoms with Crippen LogP contribution in [0.4, 0.5) is 13.2 Å². The van der Waals surface area contributed by atoms with Crippen molar-refractivity contribution in [2.45, 2.75) is 32.0 Å². The van der Waals surface area contributed by atoms with Crippen LogP contribution in [0.1, 0.15) is 19.8 Å². The van der Waals surface area contributed by atoms with Gasteiger partial charge in [-0.15, -0.1) is 0 Å². The fourth-order valence-corrected chi connectivity index (χ4v) is 1.90. The van der Waals surface area contributed by atoms with E-state index in [9.17, 15) is 22.8 Å². The van der Waals surface area contributed by atoms with E-state index in [1.165, 1.54) is 11.0 Å². The van der Waals surface area contributed by atoms with Gasteiger partial charge in [-0.25, -0.2) is 0 Å². The molecule has 0 aromatic carbocycles. The Morgan fingerprint density at radius 3 is 2.32 bits per heavy atom. The number of hydrogen-bond donors (Lipinski definition) is 1. The Morgan fingerprint density at radius 2 is 1.89 bits per heavy atom. The average Bonchev–Trinajstić information content (AvgIpc) is 2.36. The molecule has 0 aromatic heterocycles. The second kappa shape index (κ2) is 6.08. The monoisotopic (exact) mass is 278 g/mol. The molecule has 0 saturated carbocycles. The molecule has 1 heterocycles. The van der Waals surface area contributed by atoms with Crippen LogP contribution < -0.4 is 5.32 Å². The Hall–Kier alpha value is -1.53. The van der Waals surface area contributed by atoms with Gasteiger partial charge in [-0.1, -0.05) is 6.58 Å². The van der Waals surface area contributed by atoms with Crippen molar-refractivity contribution in [3.8, 4) is 0 Å². The molecule has 0 radical (unpaired) electrons. The number of piperidine rings is 1. The van der Waals surface area contributed by atoms with Crippen LogP contribution in [-0.4, -0.2) is 42.0 Å². The van der Waals surface area contributed by atoms with Gasteiger partial charge in [0.1, 0.15) is 6.04 Å². The Kier molecular flexibility index (Phi) is 4.97. The van der Waals surface area contributed by atoms with Crippen LogP contribution in [0.2, 0.25) is 0 Å². The number of carbonyl (C=O) groups excluding carboxylic acids is 2. The second-order valence-electron chi connectivity index (χ2n) is 4.58. The lowest BCUT2D eigenvalue weighted by atomic mass is 9.95. The zero-order valence-corrected chi connectivity index (χ0v) is 10.7. The Labute approximate surface area is 109 Å². The molecule has 1 aliphatic rings. The van der Waals surface area contributed by atoms with E-state index in [2.05, 4.69) is 6.58 Å². The third-order valence-electron chi connectivity index (χ3n) is 3.20. The van der Waals surface area contributed by atoms with E-state index in [-0.39, 0.29) is 5.91 Å². The van der Waals surface area contributed by atoms with Crippen LogP contribution in [0.5, 0.6) is 0 Å². The maximum absolute atomic E-state index is 12.3. The highest BCUT2D eigenvalue weighted by Crippen LogP contribution is 2.22. The van der Waals surface area contributed by atoms with Crippen LogP contribution in [0, 0.1) is 5.92 Å². The molecule has 1 saturated heterocycles. The van der Waals surface area contributed by atoms with Crippen LogP contribution in [0.25, 0.3) is 0 Å². The zero-order valence-electron chi connectivity index (χ0n) is 10.7. The Balaban J connectivity index is 2.45. The normalized spacial score (nSPS) is 18.8. The van der Waals surface area contributed by atoms with Crippen molar-refractivity contribution in [2.24, 2.45) is 5.92 Å². The molecule has 19 heavy (non-hydrogen) atoms. The molecule has 1 fully saturated rings. The summed E-state index contributed by atoms with van der Waals surface area (Å²) in [6.45, 7) is 5.00. The summed E-state index contributed by atoms with van der Waals surface area (Å²) in [6.07, 6.45) is -2.51. The van der Waals surface area contributed by atoms with Gasteiger partial charge in [0, 0.05) is 19.0 Å². The molecule has 1 atom stereocenters. The highest BCUT2D eigenvalue weighted by Gasteiger charge is 2.38. The summed E-state index contributed by atoms with van der Waals surface area (Å²) in [6, 6.07) is -1.85. The maximum Gasteiger partial charge on any atom is 0.408 e. The summed E-state index contributed by atoms with van der Waals surface area (Å²) in [7, 11) is 0. The molecule has 4 nitrogen and oxygen atoms in total. The zero-order chi connectivity index (χ0) is 14.6. The second-order valence-corrected chi connectivity index (χ2v) is 4.58. The smallest absolute Gasteiger partial charge is 0.344 e. The molecule has 0 spiro atoms. The molecule has 0 aromatic rings. The van der Waals surface area contributed by atoms with Gasteiger partial charge in [0.15, 0.2) is 0 Å². The number of nitrogens with zero attached hydrogens (tertiary/aromatic N) is 1. The Bertz CT molecular complexity index is 360. The Morgan fingerprint density at radius 1 is 1.37 bits per heavy atom. The first-order valence-corrected chi connectivity index (χ1v) is 6.04. The first-order valence-electron chi connectivity index (χ1n) is 6.04. The topological polar surface area (TPSA) is 49.4 Å². The third kappa shape index (κ3) is 4.25. The van der Waals surface area contributed by atoms with Crippen molar-refractivity contribution in [1.29, 1.82) is 0 Å². The minimum absolute atomic E-state index is 0.220. The summed E-state index contributed by atoms with van der Waals surface area (Å²) in [5, 5.41) is 1.96. The number of halogens is 3. The highest BCUT2D eigenvalue weighted by molar-refractivity contribution is 5.87. The van der Waals surface area contributed by atoms with Crippen LogP contribution >= 0.6 is 0 Å². The number of likely N-dealkylation sites (tertiary alicyclic amines) is 1. The molecule has 0 bridgehead atoms. The fraction of sp³-hybridized carbons (Fsp3) is 0.667. The third-order valence-corrected chi connectivity index (χ3v) is 3.20. The SMILES string of the molecule is C=CC(=O)N1CCC(C(=O)NC(C)C(F)(F)F)CC1. The van der Waals surface area contributed by atoms with Crippen molar-refractivity contribution in [2.75, 3.05) is 13.1 Å². The van der Waals surface area contributed by atoms with E-state index in [1.54, 1.807) is 0 Å². The lowest BCUT2D eigenvalue weighted by Gasteiger charge is -2.31.